The van der Waals surface area contributed by atoms with E-state index in [0.717, 1.165) is 25.5 Å². The molecule has 68 valence electrons. The molecule has 3 nitrogen and oxygen atoms in total. The first kappa shape index (κ1) is 9.39. The Morgan fingerprint density at radius 1 is 1.67 bits per heavy atom. The van der Waals surface area contributed by atoms with Crippen LogP contribution in [0.5, 0.6) is 0 Å². The molecule has 1 aromatic heterocycles. The largest absolute Gasteiger partial charge is 0.356 e. The smallest absolute Gasteiger partial charge is 0.202 e. The zero-order valence-electron chi connectivity index (χ0n) is 7.26. The molecule has 1 aromatic rings. The van der Waals surface area contributed by atoms with Crippen molar-refractivity contribution in [1.29, 1.82) is 0 Å². The average Bonchev–Trinajstić information content (AvgIpc) is 2.52. The lowest BCUT2D eigenvalue weighted by Crippen LogP contribution is -2.08. The van der Waals surface area contributed by atoms with Crippen LogP contribution in [0.1, 0.15) is 13.3 Å². The fraction of sp³-hybridized carbons (Fsp3) is 0.625. The van der Waals surface area contributed by atoms with Gasteiger partial charge < -0.3 is 9.88 Å². The third-order valence-electron chi connectivity index (χ3n) is 1.65. The fourth-order valence-electron chi connectivity index (χ4n) is 0.999. The summed E-state index contributed by atoms with van der Waals surface area (Å²) < 4.78 is 2.06. The number of aromatic nitrogens is 2. The van der Waals surface area contributed by atoms with Crippen LogP contribution in [-0.4, -0.2) is 22.0 Å². The summed E-state index contributed by atoms with van der Waals surface area (Å²) >= 11 is 5.55. The summed E-state index contributed by atoms with van der Waals surface area (Å²) in [4.78, 5) is 4.17. The number of hydrogen-bond donors (Lipinski definition) is 1. The number of imidazole rings is 1. The van der Waals surface area contributed by atoms with Gasteiger partial charge >= 0.3 is 0 Å². The number of aryl methyl sites for hydroxylation is 1. The highest BCUT2D eigenvalue weighted by molar-refractivity contribution is 6.17. The van der Waals surface area contributed by atoms with Crippen molar-refractivity contribution in [1.82, 2.24) is 9.55 Å². The second kappa shape index (κ2) is 5.04. The number of halogens is 1. The highest BCUT2D eigenvalue weighted by atomic mass is 35.5. The van der Waals surface area contributed by atoms with E-state index in [4.69, 9.17) is 11.6 Å². The number of anilines is 1. The summed E-state index contributed by atoms with van der Waals surface area (Å²) in [6.07, 6.45) is 4.73. The molecule has 0 fully saturated rings. The van der Waals surface area contributed by atoms with Crippen LogP contribution >= 0.6 is 11.6 Å². The number of hydrogen-bond acceptors (Lipinski definition) is 2. The molecule has 1 heterocycles. The first-order valence-corrected chi connectivity index (χ1v) is 4.73. The highest BCUT2D eigenvalue weighted by Gasteiger charge is 1.97. The molecule has 0 bridgehead atoms. The molecule has 0 aliphatic carbocycles. The van der Waals surface area contributed by atoms with Gasteiger partial charge in [-0.3, -0.25) is 0 Å². The standard InChI is InChI=1S/C8H14ClN3/c1-2-12-7-6-11-8(12)10-5-3-4-9/h6-7H,2-5H2,1H3,(H,10,11). The third-order valence-corrected chi connectivity index (χ3v) is 1.92. The quantitative estimate of drug-likeness (QED) is 0.564. The van der Waals surface area contributed by atoms with Crippen LogP contribution < -0.4 is 5.32 Å². The van der Waals surface area contributed by atoms with E-state index in [0.29, 0.717) is 5.88 Å². The van der Waals surface area contributed by atoms with Gasteiger partial charge in [-0.1, -0.05) is 0 Å². The van der Waals surface area contributed by atoms with Crippen molar-refractivity contribution in [2.45, 2.75) is 19.9 Å². The predicted molar refractivity (Wildman–Crippen MR) is 51.7 cm³/mol. The Morgan fingerprint density at radius 2 is 2.50 bits per heavy atom. The Morgan fingerprint density at radius 3 is 3.17 bits per heavy atom. The van der Waals surface area contributed by atoms with Crippen molar-refractivity contribution in [2.75, 3.05) is 17.7 Å². The molecule has 0 amide bonds. The summed E-state index contributed by atoms with van der Waals surface area (Å²) in [5.41, 5.74) is 0. The number of alkyl halides is 1. The lowest BCUT2D eigenvalue weighted by atomic mass is 10.5. The molecular formula is C8H14ClN3. The molecule has 0 aromatic carbocycles. The lowest BCUT2D eigenvalue weighted by molar-refractivity contribution is 0.761. The van der Waals surface area contributed by atoms with Gasteiger partial charge in [0.2, 0.25) is 5.95 Å². The van der Waals surface area contributed by atoms with E-state index >= 15 is 0 Å². The van der Waals surface area contributed by atoms with Gasteiger partial charge in [-0.05, 0) is 13.3 Å². The van der Waals surface area contributed by atoms with Crippen molar-refractivity contribution in [2.24, 2.45) is 0 Å². The molecule has 0 saturated carbocycles. The molecule has 0 spiro atoms. The van der Waals surface area contributed by atoms with Gasteiger partial charge in [0, 0.05) is 31.4 Å². The van der Waals surface area contributed by atoms with Gasteiger partial charge in [0.25, 0.3) is 0 Å². The van der Waals surface area contributed by atoms with Crippen LogP contribution in [-0.2, 0) is 6.54 Å². The minimum absolute atomic E-state index is 0.694. The Hall–Kier alpha value is -0.700. The summed E-state index contributed by atoms with van der Waals surface area (Å²) in [6.45, 7) is 3.93. The fourth-order valence-corrected chi connectivity index (χ4v) is 1.13. The molecule has 4 heteroatoms. The normalized spacial score (nSPS) is 10.2. The van der Waals surface area contributed by atoms with Gasteiger partial charge in [0.05, 0.1) is 0 Å². The van der Waals surface area contributed by atoms with Crippen molar-refractivity contribution in [3.63, 3.8) is 0 Å². The highest BCUT2D eigenvalue weighted by Crippen LogP contribution is 2.03. The molecule has 0 saturated heterocycles. The van der Waals surface area contributed by atoms with Crippen molar-refractivity contribution in [3.8, 4) is 0 Å². The molecule has 0 atom stereocenters. The molecule has 0 aliphatic heterocycles. The lowest BCUT2D eigenvalue weighted by Gasteiger charge is -2.05. The molecule has 0 aliphatic rings. The monoisotopic (exact) mass is 187 g/mol. The van der Waals surface area contributed by atoms with Crippen LogP contribution in [0, 0.1) is 0 Å². The zero-order valence-corrected chi connectivity index (χ0v) is 8.01. The maximum Gasteiger partial charge on any atom is 0.202 e. The van der Waals surface area contributed by atoms with Crippen LogP contribution in [0.3, 0.4) is 0 Å². The first-order valence-electron chi connectivity index (χ1n) is 4.19. The zero-order chi connectivity index (χ0) is 8.81. The van der Waals surface area contributed by atoms with E-state index in [2.05, 4.69) is 21.8 Å². The van der Waals surface area contributed by atoms with Gasteiger partial charge in [-0.2, -0.15) is 0 Å². The third kappa shape index (κ3) is 2.41. The van der Waals surface area contributed by atoms with Gasteiger partial charge in [0.15, 0.2) is 0 Å². The summed E-state index contributed by atoms with van der Waals surface area (Å²) in [5.74, 6) is 1.63. The average molecular weight is 188 g/mol. The second-order valence-electron chi connectivity index (χ2n) is 2.51. The molecule has 0 radical (unpaired) electrons. The molecule has 12 heavy (non-hydrogen) atoms. The predicted octanol–water partition coefficient (Wildman–Crippen LogP) is 1.94. The summed E-state index contributed by atoms with van der Waals surface area (Å²) in [6, 6.07) is 0. The van der Waals surface area contributed by atoms with E-state index < -0.39 is 0 Å². The molecule has 1 rings (SSSR count). The second-order valence-corrected chi connectivity index (χ2v) is 2.88. The van der Waals surface area contributed by atoms with Crippen molar-refractivity contribution < 1.29 is 0 Å². The topological polar surface area (TPSA) is 29.9 Å². The van der Waals surface area contributed by atoms with E-state index in [1.54, 1.807) is 6.20 Å². The van der Waals surface area contributed by atoms with Crippen molar-refractivity contribution >= 4 is 17.5 Å². The SMILES string of the molecule is CCn1ccnc1NCCCCl. The van der Waals surface area contributed by atoms with Gasteiger partial charge in [0.1, 0.15) is 0 Å². The summed E-state index contributed by atoms with van der Waals surface area (Å²) in [7, 11) is 0. The number of nitrogens with one attached hydrogen (secondary N) is 1. The van der Waals surface area contributed by atoms with Crippen LogP contribution in [0.4, 0.5) is 5.95 Å². The minimum Gasteiger partial charge on any atom is -0.356 e. The Kier molecular flexibility index (Phi) is 3.94. The van der Waals surface area contributed by atoms with E-state index in [1.165, 1.54) is 0 Å². The maximum absolute atomic E-state index is 5.55. The number of nitrogens with zero attached hydrogens (tertiary/aromatic N) is 2. The van der Waals surface area contributed by atoms with Gasteiger partial charge in [-0.25, -0.2) is 4.98 Å². The summed E-state index contributed by atoms with van der Waals surface area (Å²) in [5, 5.41) is 3.21. The number of rotatable bonds is 5. The van der Waals surface area contributed by atoms with E-state index in [1.807, 2.05) is 6.20 Å². The Bertz CT molecular complexity index is 222. The molecule has 0 unspecified atom stereocenters. The first-order chi connectivity index (χ1) is 5.88. The van der Waals surface area contributed by atoms with Crippen LogP contribution in [0.25, 0.3) is 0 Å². The Labute approximate surface area is 77.7 Å². The van der Waals surface area contributed by atoms with Gasteiger partial charge in [-0.15, -0.1) is 11.6 Å². The van der Waals surface area contributed by atoms with E-state index in [-0.39, 0.29) is 0 Å². The maximum atomic E-state index is 5.55. The molecule has 1 N–H and O–H groups in total. The molecular weight excluding hydrogens is 174 g/mol. The Balaban J connectivity index is 2.39. The van der Waals surface area contributed by atoms with Crippen molar-refractivity contribution in [3.05, 3.63) is 12.4 Å². The van der Waals surface area contributed by atoms with Crippen LogP contribution in [0.2, 0.25) is 0 Å². The van der Waals surface area contributed by atoms with E-state index in [9.17, 15) is 0 Å². The van der Waals surface area contributed by atoms with Crippen LogP contribution in [0.15, 0.2) is 12.4 Å². The minimum atomic E-state index is 0.694.